The average molecular weight is 395 g/mol. The summed E-state index contributed by atoms with van der Waals surface area (Å²) < 4.78 is 5.93. The quantitative estimate of drug-likeness (QED) is 0.774. The van der Waals surface area contributed by atoms with Gasteiger partial charge in [0.05, 0.1) is 0 Å². The molecule has 1 fully saturated rings. The summed E-state index contributed by atoms with van der Waals surface area (Å²) in [6.45, 7) is 6.31. The molecule has 1 N–H and O–H groups in total. The van der Waals surface area contributed by atoms with Crippen LogP contribution in [-0.2, 0) is 19.5 Å². The Morgan fingerprint density at radius 2 is 1.66 bits per heavy atom. The van der Waals surface area contributed by atoms with E-state index in [-0.39, 0.29) is 0 Å². The van der Waals surface area contributed by atoms with Gasteiger partial charge in [-0.05, 0) is 61.2 Å². The van der Waals surface area contributed by atoms with Crippen molar-refractivity contribution in [3.63, 3.8) is 0 Å². The zero-order valence-corrected chi connectivity index (χ0v) is 17.4. The third kappa shape index (κ3) is 6.05. The van der Waals surface area contributed by atoms with Crippen molar-refractivity contribution in [1.29, 1.82) is 0 Å². The fourth-order valence-electron chi connectivity index (χ4n) is 4.54. The van der Waals surface area contributed by atoms with Crippen molar-refractivity contribution >= 4 is 0 Å². The molecule has 0 aliphatic carbocycles. The first-order valence-corrected chi connectivity index (χ1v) is 11.2. The van der Waals surface area contributed by atoms with Gasteiger partial charge >= 0.3 is 0 Å². The molecule has 2 aromatic carbocycles. The van der Waals surface area contributed by atoms with E-state index in [1.54, 1.807) is 0 Å². The first-order chi connectivity index (χ1) is 14.3. The topological polar surface area (TPSA) is 35.9 Å². The number of likely N-dealkylation sites (tertiary alicyclic amines) is 1. The Hall–Kier alpha value is -1.88. The number of nitrogens with zero attached hydrogens (tertiary/aromatic N) is 2. The van der Waals surface area contributed by atoms with Crippen LogP contribution in [0.5, 0.6) is 5.75 Å². The summed E-state index contributed by atoms with van der Waals surface area (Å²) in [5.41, 5.74) is 4.20. The van der Waals surface area contributed by atoms with Crippen LogP contribution < -0.4 is 4.74 Å². The summed E-state index contributed by atoms with van der Waals surface area (Å²) in [7, 11) is 0. The fraction of sp³-hybridized carbons (Fsp3) is 0.520. The van der Waals surface area contributed by atoms with Gasteiger partial charge in [-0.15, -0.1) is 0 Å². The second kappa shape index (κ2) is 10.2. The molecule has 0 saturated carbocycles. The number of aliphatic hydroxyl groups is 1. The molecule has 2 aliphatic heterocycles. The normalized spacial score (nSPS) is 19.3. The molecular formula is C25H34N2O2. The largest absolute Gasteiger partial charge is 0.491 e. The highest BCUT2D eigenvalue weighted by Crippen LogP contribution is 2.22. The van der Waals surface area contributed by atoms with Gasteiger partial charge in [0.2, 0.25) is 0 Å². The molecule has 1 unspecified atom stereocenters. The lowest BCUT2D eigenvalue weighted by atomic mass is 9.99. The van der Waals surface area contributed by atoms with Crippen molar-refractivity contribution < 1.29 is 9.84 Å². The van der Waals surface area contributed by atoms with Crippen LogP contribution in [0.25, 0.3) is 0 Å². The Labute approximate surface area is 175 Å². The molecule has 29 heavy (non-hydrogen) atoms. The van der Waals surface area contributed by atoms with Gasteiger partial charge in [0.15, 0.2) is 0 Å². The molecule has 0 radical (unpaired) electrons. The first-order valence-electron chi connectivity index (χ1n) is 11.2. The monoisotopic (exact) mass is 394 g/mol. The van der Waals surface area contributed by atoms with Crippen LogP contribution in [0.3, 0.4) is 0 Å². The smallest absolute Gasteiger partial charge is 0.119 e. The van der Waals surface area contributed by atoms with E-state index in [0.717, 1.165) is 44.9 Å². The molecule has 2 heterocycles. The zero-order chi connectivity index (χ0) is 19.9. The molecule has 2 aliphatic rings. The number of fused-ring (bicyclic) bond motifs is 1. The summed E-state index contributed by atoms with van der Waals surface area (Å²) in [5.74, 6) is 0.856. The maximum Gasteiger partial charge on any atom is 0.119 e. The third-order valence-electron chi connectivity index (χ3n) is 6.12. The number of ether oxygens (including phenoxy) is 1. The lowest BCUT2D eigenvalue weighted by Gasteiger charge is -2.28. The van der Waals surface area contributed by atoms with Crippen molar-refractivity contribution in [2.24, 2.45) is 0 Å². The van der Waals surface area contributed by atoms with Crippen molar-refractivity contribution in [2.45, 2.75) is 51.3 Å². The van der Waals surface area contributed by atoms with E-state index >= 15 is 0 Å². The van der Waals surface area contributed by atoms with Crippen molar-refractivity contribution in [2.75, 3.05) is 32.8 Å². The fourth-order valence-corrected chi connectivity index (χ4v) is 4.54. The number of β-amino-alcohol motifs (C(OH)–C–C–N with tert-alkyl or cyclic N) is 1. The minimum absolute atomic E-state index is 0.358. The SMILES string of the molecule is OC(COc1cccc(CN2CCc3ccccc3C2)c1)CN1CCCCCC1. The standard InChI is InChI=1S/C25H34N2O2/c28-24(19-26-13-5-1-2-6-14-26)20-29-25-11-7-8-21(16-25)17-27-15-12-22-9-3-4-10-23(22)18-27/h3-4,7-11,16,24,28H,1-2,5-6,12-15,17-20H2. The Balaban J connectivity index is 1.26. The number of hydrogen-bond donors (Lipinski definition) is 1. The minimum atomic E-state index is -0.435. The van der Waals surface area contributed by atoms with E-state index in [1.807, 2.05) is 6.07 Å². The minimum Gasteiger partial charge on any atom is -0.491 e. The summed E-state index contributed by atoms with van der Waals surface area (Å²) >= 11 is 0. The lowest BCUT2D eigenvalue weighted by molar-refractivity contribution is 0.0693. The molecule has 1 atom stereocenters. The number of hydrogen-bond acceptors (Lipinski definition) is 4. The molecule has 156 valence electrons. The van der Waals surface area contributed by atoms with E-state index in [4.69, 9.17) is 4.74 Å². The molecular weight excluding hydrogens is 360 g/mol. The van der Waals surface area contributed by atoms with Crippen molar-refractivity contribution in [1.82, 2.24) is 9.80 Å². The van der Waals surface area contributed by atoms with E-state index in [1.165, 1.54) is 42.4 Å². The maximum atomic E-state index is 10.4. The van der Waals surface area contributed by atoms with E-state index in [9.17, 15) is 5.11 Å². The highest BCUT2D eigenvalue weighted by Gasteiger charge is 2.17. The van der Waals surface area contributed by atoms with Crippen LogP contribution in [0.2, 0.25) is 0 Å². The predicted octanol–water partition coefficient (Wildman–Crippen LogP) is 3.86. The zero-order valence-electron chi connectivity index (χ0n) is 17.4. The van der Waals surface area contributed by atoms with Crippen LogP contribution >= 0.6 is 0 Å². The van der Waals surface area contributed by atoms with Crippen LogP contribution in [0.1, 0.15) is 42.4 Å². The van der Waals surface area contributed by atoms with Crippen LogP contribution in [0.15, 0.2) is 48.5 Å². The van der Waals surface area contributed by atoms with Gasteiger partial charge in [0.1, 0.15) is 18.5 Å². The molecule has 4 heteroatoms. The molecule has 0 bridgehead atoms. The second-order valence-electron chi connectivity index (χ2n) is 8.56. The second-order valence-corrected chi connectivity index (χ2v) is 8.56. The molecule has 1 saturated heterocycles. The molecule has 4 rings (SSSR count). The summed E-state index contributed by atoms with van der Waals surface area (Å²) in [6.07, 6.45) is 5.81. The number of rotatable bonds is 7. The number of benzene rings is 2. The summed E-state index contributed by atoms with van der Waals surface area (Å²) in [6, 6.07) is 17.1. The van der Waals surface area contributed by atoms with Crippen LogP contribution in [-0.4, -0.2) is 53.8 Å². The summed E-state index contributed by atoms with van der Waals surface area (Å²) in [4.78, 5) is 4.88. The van der Waals surface area contributed by atoms with E-state index in [0.29, 0.717) is 13.2 Å². The van der Waals surface area contributed by atoms with Gasteiger partial charge in [-0.3, -0.25) is 4.90 Å². The molecule has 4 nitrogen and oxygen atoms in total. The Kier molecular flexibility index (Phi) is 7.20. The predicted molar refractivity (Wildman–Crippen MR) is 117 cm³/mol. The average Bonchev–Trinajstić information content (AvgIpc) is 3.01. The maximum absolute atomic E-state index is 10.4. The molecule has 0 spiro atoms. The van der Waals surface area contributed by atoms with Gasteiger partial charge in [-0.25, -0.2) is 0 Å². The molecule has 0 amide bonds. The van der Waals surface area contributed by atoms with Crippen molar-refractivity contribution in [3.05, 3.63) is 65.2 Å². The van der Waals surface area contributed by atoms with Gasteiger partial charge in [-0.1, -0.05) is 49.2 Å². The first kappa shape index (κ1) is 20.4. The van der Waals surface area contributed by atoms with Gasteiger partial charge < -0.3 is 14.7 Å². The van der Waals surface area contributed by atoms with Gasteiger partial charge in [0.25, 0.3) is 0 Å². The van der Waals surface area contributed by atoms with E-state index < -0.39 is 6.10 Å². The number of aliphatic hydroxyl groups excluding tert-OH is 1. The summed E-state index contributed by atoms with van der Waals surface area (Å²) in [5, 5.41) is 10.4. The van der Waals surface area contributed by atoms with Crippen LogP contribution in [0, 0.1) is 0 Å². The van der Waals surface area contributed by atoms with Gasteiger partial charge in [-0.2, -0.15) is 0 Å². The van der Waals surface area contributed by atoms with E-state index in [2.05, 4.69) is 52.3 Å². The highest BCUT2D eigenvalue weighted by atomic mass is 16.5. The Morgan fingerprint density at radius 3 is 2.48 bits per heavy atom. The molecule has 2 aromatic rings. The van der Waals surface area contributed by atoms with Crippen molar-refractivity contribution in [3.8, 4) is 5.75 Å². The third-order valence-corrected chi connectivity index (χ3v) is 6.12. The highest BCUT2D eigenvalue weighted by molar-refractivity contribution is 5.31. The van der Waals surface area contributed by atoms with Crippen LogP contribution in [0.4, 0.5) is 0 Å². The molecule has 0 aromatic heterocycles. The Bertz CT molecular complexity index is 771. The Morgan fingerprint density at radius 1 is 0.862 bits per heavy atom. The van der Waals surface area contributed by atoms with Gasteiger partial charge in [0, 0.05) is 26.2 Å². The lowest BCUT2D eigenvalue weighted by Crippen LogP contribution is -2.36.